The number of aliphatic hydroxyl groups excluding tert-OH is 2. The molecular weight excluding hydrogens is 1240 g/mol. The summed E-state index contributed by atoms with van der Waals surface area (Å²) in [5.74, 6) is -6.66. The third-order valence-electron chi connectivity index (χ3n) is 21.0. The molecule has 6 aliphatic rings. The third-order valence-corrected chi connectivity index (χ3v) is 21.0. The van der Waals surface area contributed by atoms with Crippen LogP contribution in [0.3, 0.4) is 0 Å². The van der Waals surface area contributed by atoms with Gasteiger partial charge in [-0.1, -0.05) is 71.1 Å². The Hall–Kier alpha value is -6.34. The number of carbonyl (C=O) groups is 5. The highest BCUT2D eigenvalue weighted by molar-refractivity contribution is 6.39. The summed E-state index contributed by atoms with van der Waals surface area (Å²) in [5, 5.41) is 35.7. The van der Waals surface area contributed by atoms with E-state index in [1.165, 1.54) is 12.0 Å². The van der Waals surface area contributed by atoms with Gasteiger partial charge in [0.15, 0.2) is 11.4 Å². The summed E-state index contributed by atoms with van der Waals surface area (Å²) in [7, 11) is 4.54. The number of morpholine rings is 2. The van der Waals surface area contributed by atoms with E-state index in [9.17, 15) is 39.3 Å². The van der Waals surface area contributed by atoms with Crippen LogP contribution in [-0.2, 0) is 63.7 Å². The summed E-state index contributed by atoms with van der Waals surface area (Å²) < 4.78 is 48.7. The Bertz CT molecular complexity index is 3360. The molecule has 2 aromatic heterocycles. The molecule has 22 heteroatoms. The highest BCUT2D eigenvalue weighted by atomic mass is 16.6. The number of hydrogen-bond acceptors (Lipinski definition) is 21. The number of piperidine rings is 1. The quantitative estimate of drug-likeness (QED) is 0.0866. The summed E-state index contributed by atoms with van der Waals surface area (Å²) in [6.45, 7) is 20.6. The molecule has 3 aromatic rings. The summed E-state index contributed by atoms with van der Waals surface area (Å²) in [5.41, 5.74) is 3.89. The zero-order valence-corrected chi connectivity index (χ0v) is 59.1. The molecule has 1 aliphatic carbocycles. The van der Waals surface area contributed by atoms with Crippen molar-refractivity contribution in [1.29, 1.82) is 0 Å². The molecule has 0 spiro atoms. The van der Waals surface area contributed by atoms with Crippen LogP contribution < -0.4 is 14.5 Å². The van der Waals surface area contributed by atoms with Crippen LogP contribution >= 0.6 is 0 Å². The fourth-order valence-electron chi connectivity index (χ4n) is 14.8. The number of nitrogens with zero attached hydrogens (tertiary/aromatic N) is 6. The Labute approximate surface area is 572 Å². The second-order valence-corrected chi connectivity index (χ2v) is 28.3. The van der Waals surface area contributed by atoms with E-state index in [1.54, 1.807) is 41.1 Å². The number of esters is 1. The largest absolute Gasteiger partial charge is 0.496 e. The van der Waals surface area contributed by atoms with Gasteiger partial charge in [-0.3, -0.25) is 19.2 Å². The molecule has 5 aliphatic heterocycles. The van der Waals surface area contributed by atoms with Gasteiger partial charge in [0.05, 0.1) is 87.7 Å². The molecule has 3 N–H and O–H groups in total. The van der Waals surface area contributed by atoms with Gasteiger partial charge in [0.2, 0.25) is 11.7 Å². The second kappa shape index (κ2) is 34.1. The van der Waals surface area contributed by atoms with Gasteiger partial charge in [0, 0.05) is 75.6 Å². The van der Waals surface area contributed by atoms with E-state index in [0.29, 0.717) is 126 Å². The Morgan fingerprint density at radius 1 is 0.763 bits per heavy atom. The summed E-state index contributed by atoms with van der Waals surface area (Å²) >= 11 is 0. The number of Topliss-reactive ketones (excluding diaryl/α,β-unsaturated/α-hetero) is 3. The zero-order chi connectivity index (χ0) is 69.8. The van der Waals surface area contributed by atoms with E-state index >= 15 is 0 Å². The lowest BCUT2D eigenvalue weighted by molar-refractivity contribution is -0.266. The van der Waals surface area contributed by atoms with Crippen LogP contribution in [0.2, 0.25) is 0 Å². The fraction of sp³-hybridized carbons (Fsp3) is 0.653. The van der Waals surface area contributed by atoms with Crippen LogP contribution in [0.1, 0.15) is 145 Å². The number of carbonyl (C=O) groups excluding carboxylic acids is 5. The SMILES string of the molecule is COc1ccc(-c2ccc3c(N4CCOC[C@@H]4C)nc(N4CCOC[C@@H]4C)nc3n2)cc1CO[C@@H]1C[C@@H]2CC[C@@H](C)[C@@](O)(O2)C(=O)C(=O)N2CCCCC2C(=O)O[C@H](C(C)C[C@H]2CC[C@@H](O)[C@H](OC)C2)CC(=O)[C@H](C)/C=C(\C)[C@@H](O)[C@@H](OC)C(=O)[C@H](C)C[C@H](C)/C=C/C=CC=C1C. The van der Waals surface area contributed by atoms with E-state index < -0.39 is 83.9 Å². The molecule has 7 heterocycles. The Morgan fingerprint density at radius 3 is 2.22 bits per heavy atom. The molecule has 1 amide bonds. The van der Waals surface area contributed by atoms with E-state index in [2.05, 4.69) is 23.6 Å². The number of rotatable bonds is 12. The van der Waals surface area contributed by atoms with Crippen molar-refractivity contribution in [2.24, 2.45) is 35.5 Å². The Kier molecular flexibility index (Phi) is 26.4. The van der Waals surface area contributed by atoms with E-state index in [4.69, 9.17) is 52.8 Å². The van der Waals surface area contributed by atoms with Crippen LogP contribution in [-0.4, -0.2) is 198 Å². The first-order chi connectivity index (χ1) is 46.4. The van der Waals surface area contributed by atoms with Gasteiger partial charge >= 0.3 is 5.97 Å². The average Bonchev–Trinajstić information content (AvgIpc) is 0.774. The topological polar surface area (TPSA) is 268 Å². The minimum absolute atomic E-state index is 0.0370. The van der Waals surface area contributed by atoms with Crippen LogP contribution in [0.25, 0.3) is 22.3 Å². The van der Waals surface area contributed by atoms with Gasteiger partial charge in [0.25, 0.3) is 11.7 Å². The molecule has 0 radical (unpaired) electrons. The average molecular weight is 1350 g/mol. The first-order valence-corrected chi connectivity index (χ1v) is 35.2. The Balaban J connectivity index is 1.02. The van der Waals surface area contributed by atoms with Crippen LogP contribution in [0.15, 0.2) is 77.9 Å². The monoisotopic (exact) mass is 1350 g/mol. The van der Waals surface area contributed by atoms with Crippen LogP contribution in [0.4, 0.5) is 11.8 Å². The Morgan fingerprint density at radius 2 is 1.51 bits per heavy atom. The number of allylic oxidation sites excluding steroid dienone is 6. The molecule has 532 valence electrons. The minimum Gasteiger partial charge on any atom is -0.496 e. The maximum Gasteiger partial charge on any atom is 0.329 e. The number of fused-ring (bicyclic) bond motifs is 4. The van der Waals surface area contributed by atoms with Gasteiger partial charge in [-0.05, 0) is 151 Å². The molecule has 2 unspecified atom stereocenters. The maximum absolute atomic E-state index is 14.9. The lowest BCUT2D eigenvalue weighted by Gasteiger charge is -2.43. The number of ether oxygens (including phenoxy) is 8. The molecular formula is C75H106N6O16. The standard InChI is InChI=1S/C75H106N6O16/c1-44-18-14-13-15-19-45(2)63(95-43-55-38-54(23-28-62(55)90-10)58-26-25-57-70(76-58)77-74(80-31-33-94-42-52(80)9)78-71(57)79-30-32-93-41-51(79)8)39-56-24-21-50(7)75(89,97-56)69(86)72(87)81-29-17-16-20-59(81)73(88)96-64(47(4)36-53-22-27-60(82)65(37-53)91-11)40-61(83)46(3)35-49(6)67(85)68(92-12)66(84)48(5)34-44/h13-15,18-19,23,25-26,28,35,38,44,46-48,50-53,56,59-60,63-65,67-68,82,85,89H,16-17,20-22,24,27,29-34,36-37,39-43H2,1-12H3/b15-13?,18-14+,45-19?,49-35+/t44-,46-,47?,48-,50-,51+,52+,53-,56+,59?,60-,63-,64+,65-,67-,68+,75-/m1/s1. The number of aromatic nitrogens is 3. The zero-order valence-electron chi connectivity index (χ0n) is 59.1. The number of amides is 1. The number of aliphatic hydroxyl groups is 3. The predicted molar refractivity (Wildman–Crippen MR) is 367 cm³/mol. The van der Waals surface area contributed by atoms with E-state index in [0.717, 1.165) is 27.9 Å². The summed E-state index contributed by atoms with van der Waals surface area (Å²) in [4.78, 5) is 94.1. The fourth-order valence-corrected chi connectivity index (χ4v) is 14.8. The predicted octanol–water partition coefficient (Wildman–Crippen LogP) is 9.22. The van der Waals surface area contributed by atoms with Gasteiger partial charge in [0.1, 0.15) is 41.7 Å². The highest BCUT2D eigenvalue weighted by Crippen LogP contribution is 2.40. The van der Waals surface area contributed by atoms with Crippen LogP contribution in [0.5, 0.6) is 5.75 Å². The molecule has 1 aromatic carbocycles. The van der Waals surface area contributed by atoms with Crippen molar-refractivity contribution in [3.05, 3.63) is 83.5 Å². The second-order valence-electron chi connectivity index (χ2n) is 28.3. The van der Waals surface area contributed by atoms with Gasteiger partial charge < -0.3 is 67.9 Å². The molecule has 97 heavy (non-hydrogen) atoms. The number of benzene rings is 1. The normalized spacial score (nSPS) is 33.6. The lowest BCUT2D eigenvalue weighted by Crippen LogP contribution is -2.61. The highest BCUT2D eigenvalue weighted by Gasteiger charge is 2.53. The number of ketones is 3. The molecule has 1 saturated carbocycles. The lowest BCUT2D eigenvalue weighted by atomic mass is 9.78. The van der Waals surface area contributed by atoms with E-state index in [1.807, 2.05) is 88.4 Å². The van der Waals surface area contributed by atoms with Crippen LogP contribution in [0, 0.1) is 35.5 Å². The van der Waals surface area contributed by atoms with Crippen molar-refractivity contribution in [2.75, 3.05) is 77.2 Å². The number of cyclic esters (lactones) is 1. The van der Waals surface area contributed by atoms with Gasteiger partial charge in [-0.25, -0.2) is 9.78 Å². The molecule has 4 saturated heterocycles. The summed E-state index contributed by atoms with van der Waals surface area (Å²) in [6.07, 6.45) is 9.94. The molecule has 9 rings (SSSR count). The number of hydrogen-bond donors (Lipinski definition) is 3. The van der Waals surface area contributed by atoms with Crippen molar-refractivity contribution < 1.29 is 77.2 Å². The first-order valence-electron chi connectivity index (χ1n) is 35.2. The molecule has 2 bridgehead atoms. The van der Waals surface area contributed by atoms with Crippen molar-refractivity contribution in [2.45, 2.75) is 213 Å². The molecule has 5 fully saturated rings. The van der Waals surface area contributed by atoms with Crippen molar-refractivity contribution >= 4 is 52.0 Å². The van der Waals surface area contributed by atoms with Crippen molar-refractivity contribution in [1.82, 2.24) is 19.9 Å². The van der Waals surface area contributed by atoms with E-state index in [-0.39, 0.29) is 79.9 Å². The number of anilines is 2. The first kappa shape index (κ1) is 74.9. The number of pyridine rings is 1. The molecule has 17 atom stereocenters. The number of methoxy groups -OCH3 is 3. The van der Waals surface area contributed by atoms with Crippen molar-refractivity contribution in [3.63, 3.8) is 0 Å². The maximum atomic E-state index is 14.9. The minimum atomic E-state index is -2.56. The third kappa shape index (κ3) is 18.2. The van der Waals surface area contributed by atoms with Gasteiger partial charge in [-0.2, -0.15) is 9.97 Å². The van der Waals surface area contributed by atoms with Gasteiger partial charge in [-0.15, -0.1) is 0 Å². The summed E-state index contributed by atoms with van der Waals surface area (Å²) in [6, 6.07) is 8.75. The van der Waals surface area contributed by atoms with Crippen molar-refractivity contribution in [3.8, 4) is 17.0 Å². The molecule has 22 nitrogen and oxygen atoms in total. The smallest absolute Gasteiger partial charge is 0.329 e.